The van der Waals surface area contributed by atoms with Crippen LogP contribution in [0.1, 0.15) is 30.6 Å². The number of aromatic nitrogens is 3. The van der Waals surface area contributed by atoms with Crippen LogP contribution in [-0.2, 0) is 13.5 Å². The highest BCUT2D eigenvalue weighted by Gasteiger charge is 2.13. The number of hydrogen-bond acceptors (Lipinski definition) is 4. The Kier molecular flexibility index (Phi) is 5.33. The van der Waals surface area contributed by atoms with Crippen molar-refractivity contribution in [1.29, 1.82) is 0 Å². The smallest absolute Gasteiger partial charge is 0.0845 e. The van der Waals surface area contributed by atoms with Crippen molar-refractivity contribution in [1.82, 2.24) is 20.3 Å². The third-order valence-electron chi connectivity index (χ3n) is 3.52. The fourth-order valence-corrected chi connectivity index (χ4v) is 2.33. The van der Waals surface area contributed by atoms with E-state index < -0.39 is 0 Å². The first-order valence-electron chi connectivity index (χ1n) is 7.46. The van der Waals surface area contributed by atoms with Gasteiger partial charge in [0.2, 0.25) is 0 Å². The van der Waals surface area contributed by atoms with E-state index in [4.69, 9.17) is 0 Å². The molecule has 5 heteroatoms. The van der Waals surface area contributed by atoms with Crippen LogP contribution in [0, 0.1) is 0 Å². The Balaban J connectivity index is 2.14. The van der Waals surface area contributed by atoms with Crippen LogP contribution in [0.15, 0.2) is 30.5 Å². The highest BCUT2D eigenvalue weighted by molar-refractivity contribution is 5.46. The molecule has 2 rings (SSSR count). The predicted octanol–water partition coefficient (Wildman–Crippen LogP) is 2.16. The lowest BCUT2D eigenvalue weighted by molar-refractivity contribution is 0.524. The van der Waals surface area contributed by atoms with Crippen LogP contribution in [0.25, 0.3) is 0 Å². The van der Waals surface area contributed by atoms with Crippen molar-refractivity contribution < 1.29 is 0 Å². The molecule has 0 saturated carbocycles. The number of nitrogens with one attached hydrogen (secondary N) is 1. The Morgan fingerprint density at radius 1 is 1.24 bits per heavy atom. The van der Waals surface area contributed by atoms with Crippen LogP contribution in [-0.4, -0.2) is 35.6 Å². The van der Waals surface area contributed by atoms with Gasteiger partial charge in [-0.05, 0) is 30.7 Å². The highest BCUT2D eigenvalue weighted by atomic mass is 15.4. The van der Waals surface area contributed by atoms with Gasteiger partial charge in [-0.2, -0.15) is 0 Å². The van der Waals surface area contributed by atoms with Crippen molar-refractivity contribution in [3.05, 3.63) is 41.7 Å². The fraction of sp³-hybridized carbons (Fsp3) is 0.500. The van der Waals surface area contributed by atoms with Crippen molar-refractivity contribution in [3.63, 3.8) is 0 Å². The molecule has 2 aromatic rings. The van der Waals surface area contributed by atoms with E-state index in [1.54, 1.807) is 4.68 Å². The van der Waals surface area contributed by atoms with E-state index in [2.05, 4.69) is 65.8 Å². The Hall–Kier alpha value is -1.88. The molecule has 1 unspecified atom stereocenters. The summed E-state index contributed by atoms with van der Waals surface area (Å²) in [5.41, 5.74) is 3.52. The lowest BCUT2D eigenvalue weighted by atomic mass is 10.0. The minimum Gasteiger partial charge on any atom is -0.378 e. The van der Waals surface area contributed by atoms with Crippen molar-refractivity contribution >= 4 is 5.69 Å². The van der Waals surface area contributed by atoms with E-state index in [9.17, 15) is 0 Å². The molecule has 0 aliphatic rings. The summed E-state index contributed by atoms with van der Waals surface area (Å²) in [7, 11) is 6.01. The molecule has 1 aromatic heterocycles. The normalized spacial score (nSPS) is 12.4. The molecule has 0 radical (unpaired) electrons. The van der Waals surface area contributed by atoms with Crippen molar-refractivity contribution in [2.75, 3.05) is 25.5 Å². The van der Waals surface area contributed by atoms with E-state index in [-0.39, 0.29) is 6.04 Å². The van der Waals surface area contributed by atoms with Gasteiger partial charge in [0.25, 0.3) is 0 Å². The van der Waals surface area contributed by atoms with Gasteiger partial charge in [-0.3, -0.25) is 4.68 Å². The third kappa shape index (κ3) is 4.29. The maximum atomic E-state index is 4.20. The maximum Gasteiger partial charge on any atom is 0.0845 e. The van der Waals surface area contributed by atoms with Gasteiger partial charge in [-0.15, -0.1) is 5.10 Å². The van der Waals surface area contributed by atoms with E-state index in [0.29, 0.717) is 0 Å². The van der Waals surface area contributed by atoms with Gasteiger partial charge in [-0.1, -0.05) is 24.3 Å². The van der Waals surface area contributed by atoms with Crippen LogP contribution in [0.4, 0.5) is 5.69 Å². The molecule has 1 heterocycles. The average Bonchev–Trinajstić information content (AvgIpc) is 2.89. The van der Waals surface area contributed by atoms with Gasteiger partial charge in [0.05, 0.1) is 5.69 Å². The number of anilines is 1. The summed E-state index contributed by atoms with van der Waals surface area (Å²) in [6.07, 6.45) is 3.96. The second-order valence-electron chi connectivity index (χ2n) is 5.58. The molecule has 0 bridgehead atoms. The molecule has 0 aliphatic heterocycles. The van der Waals surface area contributed by atoms with Crippen LogP contribution < -0.4 is 10.2 Å². The molecule has 1 aromatic carbocycles. The molecule has 0 fully saturated rings. The topological polar surface area (TPSA) is 46.0 Å². The summed E-state index contributed by atoms with van der Waals surface area (Å²) in [5.74, 6) is 0. The van der Waals surface area contributed by atoms with E-state index in [1.807, 2.05) is 13.2 Å². The summed E-state index contributed by atoms with van der Waals surface area (Å²) in [6, 6.07) is 8.98. The molecule has 114 valence electrons. The minimum atomic E-state index is 0.276. The zero-order valence-corrected chi connectivity index (χ0v) is 13.4. The molecular weight excluding hydrogens is 262 g/mol. The third-order valence-corrected chi connectivity index (χ3v) is 3.52. The first-order chi connectivity index (χ1) is 10.1. The maximum absolute atomic E-state index is 4.20. The number of nitrogens with zero attached hydrogens (tertiary/aromatic N) is 4. The summed E-state index contributed by atoms with van der Waals surface area (Å²) >= 11 is 0. The Labute approximate surface area is 127 Å². The summed E-state index contributed by atoms with van der Waals surface area (Å²) in [6.45, 7) is 3.18. The standard InChI is InChI=1S/C16H25N5/c1-5-10-17-16(11-14-12-21(4)19-18-14)13-6-8-15(9-7-13)20(2)3/h6-9,12,16-17H,5,10-11H2,1-4H3. The fourth-order valence-electron chi connectivity index (χ4n) is 2.33. The molecule has 1 N–H and O–H groups in total. The molecule has 1 atom stereocenters. The van der Waals surface area contributed by atoms with Gasteiger partial charge in [0.15, 0.2) is 0 Å². The van der Waals surface area contributed by atoms with Gasteiger partial charge >= 0.3 is 0 Å². The van der Waals surface area contributed by atoms with Crippen LogP contribution in [0.2, 0.25) is 0 Å². The lowest BCUT2D eigenvalue weighted by Gasteiger charge is -2.19. The van der Waals surface area contributed by atoms with Crippen molar-refractivity contribution in [2.24, 2.45) is 7.05 Å². The molecule has 0 aliphatic carbocycles. The lowest BCUT2D eigenvalue weighted by Crippen LogP contribution is -2.24. The molecule has 0 amide bonds. The van der Waals surface area contributed by atoms with E-state index in [0.717, 1.165) is 25.1 Å². The second kappa shape index (κ2) is 7.22. The van der Waals surface area contributed by atoms with E-state index >= 15 is 0 Å². The minimum absolute atomic E-state index is 0.276. The number of hydrogen-bond donors (Lipinski definition) is 1. The zero-order chi connectivity index (χ0) is 15.2. The largest absolute Gasteiger partial charge is 0.378 e. The molecule has 0 spiro atoms. The highest BCUT2D eigenvalue weighted by Crippen LogP contribution is 2.20. The second-order valence-corrected chi connectivity index (χ2v) is 5.58. The average molecular weight is 287 g/mol. The molecule has 21 heavy (non-hydrogen) atoms. The van der Waals surface area contributed by atoms with Crippen LogP contribution in [0.3, 0.4) is 0 Å². The first-order valence-corrected chi connectivity index (χ1v) is 7.46. The summed E-state index contributed by atoms with van der Waals surface area (Å²) in [5, 5.41) is 11.8. The van der Waals surface area contributed by atoms with Gasteiger partial charge in [0.1, 0.15) is 0 Å². The first kappa shape index (κ1) is 15.5. The van der Waals surface area contributed by atoms with Crippen LogP contribution >= 0.6 is 0 Å². The molecular formula is C16H25N5. The quantitative estimate of drug-likeness (QED) is 0.848. The Bertz CT molecular complexity index is 544. The van der Waals surface area contributed by atoms with Crippen molar-refractivity contribution in [2.45, 2.75) is 25.8 Å². The SMILES string of the molecule is CCCNC(Cc1cn(C)nn1)c1ccc(N(C)C)cc1. The summed E-state index contributed by atoms with van der Waals surface area (Å²) < 4.78 is 1.75. The predicted molar refractivity (Wildman–Crippen MR) is 86.5 cm³/mol. The Morgan fingerprint density at radius 2 is 1.95 bits per heavy atom. The molecule has 5 nitrogen and oxygen atoms in total. The zero-order valence-electron chi connectivity index (χ0n) is 13.4. The van der Waals surface area contributed by atoms with Gasteiger partial charge in [0, 0.05) is 45.5 Å². The Morgan fingerprint density at radius 3 is 2.48 bits per heavy atom. The van der Waals surface area contributed by atoms with Crippen LogP contribution in [0.5, 0.6) is 0 Å². The monoisotopic (exact) mass is 287 g/mol. The summed E-state index contributed by atoms with van der Waals surface area (Å²) in [4.78, 5) is 2.11. The molecule has 0 saturated heterocycles. The van der Waals surface area contributed by atoms with Gasteiger partial charge < -0.3 is 10.2 Å². The number of aryl methyl sites for hydroxylation is 1. The van der Waals surface area contributed by atoms with E-state index in [1.165, 1.54) is 11.3 Å². The van der Waals surface area contributed by atoms with Crippen molar-refractivity contribution in [3.8, 4) is 0 Å². The van der Waals surface area contributed by atoms with Gasteiger partial charge in [-0.25, -0.2) is 0 Å². The number of benzene rings is 1. The number of rotatable bonds is 7.